The Bertz CT molecular complexity index is 633. The molecule has 0 amide bonds. The van der Waals surface area contributed by atoms with Crippen molar-refractivity contribution in [2.75, 3.05) is 0 Å². The van der Waals surface area contributed by atoms with Crippen LogP contribution in [-0.2, 0) is 4.74 Å². The van der Waals surface area contributed by atoms with Gasteiger partial charge in [0.05, 0.1) is 11.8 Å². The summed E-state index contributed by atoms with van der Waals surface area (Å²) >= 11 is 0. The number of ether oxygens (including phenoxy) is 1. The van der Waals surface area contributed by atoms with E-state index in [0.717, 1.165) is 0 Å². The van der Waals surface area contributed by atoms with Gasteiger partial charge < -0.3 is 4.74 Å². The molecule has 3 rings (SSSR count). The highest BCUT2D eigenvalue weighted by molar-refractivity contribution is 6.31. The second-order valence-electron chi connectivity index (χ2n) is 5.01. The molecule has 1 aromatic carbocycles. The molecule has 1 aromatic rings. The molecule has 0 N–H and O–H groups in total. The number of carbonyl (C=O) groups excluding carboxylic acids is 2. The van der Waals surface area contributed by atoms with Gasteiger partial charge in [-0.15, -0.1) is 0 Å². The van der Waals surface area contributed by atoms with Crippen molar-refractivity contribution in [1.29, 1.82) is 0 Å². The minimum absolute atomic E-state index is 0.104. The zero-order valence-electron chi connectivity index (χ0n) is 10.2. The standard InChI is InChI=1S/C15H12O3/c1-15(2)7-11-12(8-18-15)14(17)10-6-4-3-5-9(10)13(11)16/h3-8H,1-2H3. The Kier molecular flexibility index (Phi) is 2.08. The first-order valence-electron chi connectivity index (χ1n) is 5.79. The van der Waals surface area contributed by atoms with Gasteiger partial charge in [0.25, 0.3) is 0 Å². The summed E-state index contributed by atoms with van der Waals surface area (Å²) in [5, 5.41) is 0. The monoisotopic (exact) mass is 240 g/mol. The molecule has 1 heterocycles. The number of Topliss-reactive ketones (excluding diaryl/α,β-unsaturated/α-hetero) is 2. The molecule has 0 aromatic heterocycles. The molecule has 0 fully saturated rings. The van der Waals surface area contributed by atoms with E-state index in [0.29, 0.717) is 22.3 Å². The van der Waals surface area contributed by atoms with Crippen LogP contribution >= 0.6 is 0 Å². The summed E-state index contributed by atoms with van der Waals surface area (Å²) in [5.74, 6) is -0.250. The van der Waals surface area contributed by atoms with Crippen molar-refractivity contribution in [3.63, 3.8) is 0 Å². The van der Waals surface area contributed by atoms with Crippen molar-refractivity contribution in [3.8, 4) is 0 Å². The topological polar surface area (TPSA) is 43.4 Å². The van der Waals surface area contributed by atoms with E-state index < -0.39 is 5.60 Å². The lowest BCUT2D eigenvalue weighted by molar-refractivity contribution is 0.0850. The Hall–Kier alpha value is -2.16. The first-order valence-corrected chi connectivity index (χ1v) is 5.79. The first kappa shape index (κ1) is 11.0. The molecule has 3 nitrogen and oxygen atoms in total. The van der Waals surface area contributed by atoms with Crippen molar-refractivity contribution in [2.45, 2.75) is 19.4 Å². The van der Waals surface area contributed by atoms with Gasteiger partial charge in [0.15, 0.2) is 11.6 Å². The van der Waals surface area contributed by atoms with E-state index in [9.17, 15) is 9.59 Å². The van der Waals surface area contributed by atoms with E-state index in [4.69, 9.17) is 4.74 Å². The predicted octanol–water partition coefficient (Wildman–Crippen LogP) is 2.68. The Labute approximate surface area is 105 Å². The number of fused-ring (bicyclic) bond motifs is 2. The molecule has 0 bridgehead atoms. The fraction of sp³-hybridized carbons (Fsp3) is 0.200. The second kappa shape index (κ2) is 3.42. The van der Waals surface area contributed by atoms with Gasteiger partial charge in [-0.05, 0) is 19.9 Å². The van der Waals surface area contributed by atoms with Crippen LogP contribution in [0.4, 0.5) is 0 Å². The molecule has 1 aliphatic carbocycles. The van der Waals surface area contributed by atoms with Gasteiger partial charge >= 0.3 is 0 Å². The molecule has 0 atom stereocenters. The van der Waals surface area contributed by atoms with Crippen LogP contribution in [-0.4, -0.2) is 17.2 Å². The zero-order valence-corrected chi connectivity index (χ0v) is 10.2. The lowest BCUT2D eigenvalue weighted by Gasteiger charge is -2.29. The van der Waals surface area contributed by atoms with Gasteiger partial charge in [-0.3, -0.25) is 9.59 Å². The van der Waals surface area contributed by atoms with E-state index in [1.54, 1.807) is 30.3 Å². The third-order valence-electron chi connectivity index (χ3n) is 3.17. The number of ketones is 2. The number of benzene rings is 1. The highest BCUT2D eigenvalue weighted by Crippen LogP contribution is 2.34. The number of hydrogen-bond donors (Lipinski definition) is 0. The van der Waals surface area contributed by atoms with Crippen LogP contribution in [0.5, 0.6) is 0 Å². The minimum atomic E-state index is -0.555. The summed E-state index contributed by atoms with van der Waals surface area (Å²) in [6.07, 6.45) is 3.13. The number of carbonyl (C=O) groups is 2. The number of hydrogen-bond acceptors (Lipinski definition) is 3. The number of rotatable bonds is 0. The predicted molar refractivity (Wildman–Crippen MR) is 66.4 cm³/mol. The van der Waals surface area contributed by atoms with Crippen molar-refractivity contribution in [3.05, 3.63) is 58.9 Å². The summed E-state index contributed by atoms with van der Waals surface area (Å²) in [6.45, 7) is 3.71. The lowest BCUT2D eigenvalue weighted by atomic mass is 9.80. The fourth-order valence-corrected chi connectivity index (χ4v) is 2.27. The number of allylic oxidation sites excluding steroid dienone is 2. The van der Waals surface area contributed by atoms with Crippen LogP contribution in [0.15, 0.2) is 47.7 Å². The van der Waals surface area contributed by atoms with Crippen molar-refractivity contribution < 1.29 is 14.3 Å². The van der Waals surface area contributed by atoms with E-state index in [1.165, 1.54) is 6.26 Å². The Morgan fingerprint density at radius 1 is 0.944 bits per heavy atom. The van der Waals surface area contributed by atoms with E-state index in [2.05, 4.69) is 0 Å². The summed E-state index contributed by atoms with van der Waals surface area (Å²) in [5.41, 5.74) is 1.19. The van der Waals surface area contributed by atoms with Gasteiger partial charge in [0.2, 0.25) is 0 Å². The maximum Gasteiger partial charge on any atom is 0.197 e. The molecule has 0 radical (unpaired) electrons. The van der Waals surface area contributed by atoms with Gasteiger partial charge in [-0.1, -0.05) is 24.3 Å². The SMILES string of the molecule is CC1(C)C=C2C(=O)c3ccccc3C(=O)C2=CO1. The molecule has 18 heavy (non-hydrogen) atoms. The molecule has 0 spiro atoms. The van der Waals surface area contributed by atoms with Crippen LogP contribution in [0.25, 0.3) is 0 Å². The van der Waals surface area contributed by atoms with E-state index >= 15 is 0 Å². The lowest BCUT2D eigenvalue weighted by Crippen LogP contribution is -2.31. The summed E-state index contributed by atoms with van der Waals surface area (Å²) < 4.78 is 5.46. The fourth-order valence-electron chi connectivity index (χ4n) is 2.27. The maximum absolute atomic E-state index is 12.4. The molecular formula is C15H12O3. The van der Waals surface area contributed by atoms with Gasteiger partial charge in [0, 0.05) is 16.7 Å². The smallest absolute Gasteiger partial charge is 0.197 e. The normalized spacial score (nSPS) is 20.3. The molecule has 0 saturated heterocycles. The molecule has 90 valence electrons. The second-order valence-corrected chi connectivity index (χ2v) is 5.01. The van der Waals surface area contributed by atoms with Crippen molar-refractivity contribution in [2.24, 2.45) is 0 Å². The van der Waals surface area contributed by atoms with Crippen LogP contribution in [0.2, 0.25) is 0 Å². The van der Waals surface area contributed by atoms with Gasteiger partial charge in [-0.25, -0.2) is 0 Å². The van der Waals surface area contributed by atoms with E-state index in [1.807, 2.05) is 13.8 Å². The van der Waals surface area contributed by atoms with Crippen molar-refractivity contribution >= 4 is 11.6 Å². The van der Waals surface area contributed by atoms with Crippen LogP contribution in [0, 0.1) is 0 Å². The quantitative estimate of drug-likeness (QED) is 0.700. The van der Waals surface area contributed by atoms with Gasteiger partial charge in [-0.2, -0.15) is 0 Å². The van der Waals surface area contributed by atoms with Crippen LogP contribution in [0.1, 0.15) is 34.6 Å². The minimum Gasteiger partial charge on any atom is -0.491 e. The third kappa shape index (κ3) is 1.44. The molecular weight excluding hydrogens is 228 g/mol. The molecule has 3 heteroatoms. The summed E-state index contributed by atoms with van der Waals surface area (Å²) in [7, 11) is 0. The Balaban J connectivity index is 2.25. The third-order valence-corrected chi connectivity index (χ3v) is 3.17. The Morgan fingerprint density at radius 2 is 1.50 bits per heavy atom. The average Bonchev–Trinajstić information content (AvgIpc) is 2.35. The molecule has 0 unspecified atom stereocenters. The zero-order chi connectivity index (χ0) is 12.9. The first-order chi connectivity index (χ1) is 8.49. The summed E-state index contributed by atoms with van der Waals surface area (Å²) in [6, 6.07) is 6.89. The average molecular weight is 240 g/mol. The highest BCUT2D eigenvalue weighted by atomic mass is 16.5. The molecule has 0 saturated carbocycles. The summed E-state index contributed by atoms with van der Waals surface area (Å²) in [4.78, 5) is 24.6. The van der Waals surface area contributed by atoms with E-state index in [-0.39, 0.29) is 11.6 Å². The van der Waals surface area contributed by atoms with Gasteiger partial charge in [0.1, 0.15) is 5.60 Å². The Morgan fingerprint density at radius 3 is 2.11 bits per heavy atom. The van der Waals surface area contributed by atoms with Crippen molar-refractivity contribution in [1.82, 2.24) is 0 Å². The largest absolute Gasteiger partial charge is 0.491 e. The van der Waals surface area contributed by atoms with Crippen LogP contribution in [0.3, 0.4) is 0 Å². The maximum atomic E-state index is 12.4. The molecule has 2 aliphatic rings. The molecule has 1 aliphatic heterocycles. The van der Waals surface area contributed by atoms with Crippen LogP contribution < -0.4 is 0 Å². The highest BCUT2D eigenvalue weighted by Gasteiger charge is 2.36.